The highest BCUT2D eigenvalue weighted by molar-refractivity contribution is 5.51. The molecule has 0 saturated carbocycles. The molecule has 0 amide bonds. The number of ether oxygens (including phenoxy) is 1. The van der Waals surface area contributed by atoms with Crippen molar-refractivity contribution in [2.45, 2.75) is 13.0 Å². The lowest BCUT2D eigenvalue weighted by Gasteiger charge is -2.23. The maximum absolute atomic E-state index is 10.8. The lowest BCUT2D eigenvalue weighted by molar-refractivity contribution is -0.384. The van der Waals surface area contributed by atoms with Gasteiger partial charge in [0.1, 0.15) is 5.75 Å². The summed E-state index contributed by atoms with van der Waals surface area (Å²) >= 11 is 0. The molecule has 0 radical (unpaired) electrons. The summed E-state index contributed by atoms with van der Waals surface area (Å²) in [5.74, 6) is 0.879. The Morgan fingerprint density at radius 1 is 1.00 bits per heavy atom. The van der Waals surface area contributed by atoms with E-state index in [1.807, 2.05) is 24.3 Å². The van der Waals surface area contributed by atoms with Crippen molar-refractivity contribution in [2.24, 2.45) is 0 Å². The highest BCUT2D eigenvalue weighted by Crippen LogP contribution is 2.21. The zero-order chi connectivity index (χ0) is 17.6. The number of non-ortho nitro benzene ring substituents is 1. The number of nitrogens with zero attached hydrogens (tertiary/aromatic N) is 3. The van der Waals surface area contributed by atoms with Crippen LogP contribution in [0.25, 0.3) is 0 Å². The van der Waals surface area contributed by atoms with Crippen molar-refractivity contribution in [3.63, 3.8) is 0 Å². The summed E-state index contributed by atoms with van der Waals surface area (Å²) in [7, 11) is 1.68. The summed E-state index contributed by atoms with van der Waals surface area (Å²) in [6.07, 6.45) is 1.08. The first-order valence-electron chi connectivity index (χ1n) is 8.50. The van der Waals surface area contributed by atoms with E-state index in [1.165, 1.54) is 5.56 Å². The van der Waals surface area contributed by atoms with Crippen molar-refractivity contribution in [3.8, 4) is 5.75 Å². The molecule has 6 nitrogen and oxygen atoms in total. The molecule has 3 rings (SSSR count). The zero-order valence-electron chi connectivity index (χ0n) is 14.4. The highest BCUT2D eigenvalue weighted by atomic mass is 16.6. The van der Waals surface area contributed by atoms with Crippen LogP contribution in [0.1, 0.15) is 12.0 Å². The van der Waals surface area contributed by atoms with Crippen LogP contribution >= 0.6 is 0 Å². The lowest BCUT2D eigenvalue weighted by Crippen LogP contribution is -2.30. The first-order chi connectivity index (χ1) is 12.2. The fourth-order valence-corrected chi connectivity index (χ4v) is 3.16. The second kappa shape index (κ2) is 7.98. The van der Waals surface area contributed by atoms with Gasteiger partial charge in [0.2, 0.25) is 0 Å². The number of benzene rings is 2. The van der Waals surface area contributed by atoms with Gasteiger partial charge in [0, 0.05) is 50.5 Å². The molecular weight excluding hydrogens is 318 g/mol. The van der Waals surface area contributed by atoms with E-state index < -0.39 is 0 Å². The highest BCUT2D eigenvalue weighted by Gasteiger charge is 2.16. The van der Waals surface area contributed by atoms with Crippen molar-refractivity contribution in [2.75, 3.05) is 38.2 Å². The molecule has 1 saturated heterocycles. The van der Waals surface area contributed by atoms with Crippen LogP contribution in [0, 0.1) is 10.1 Å². The number of hydrogen-bond donors (Lipinski definition) is 0. The van der Waals surface area contributed by atoms with E-state index in [4.69, 9.17) is 4.74 Å². The van der Waals surface area contributed by atoms with Gasteiger partial charge in [0.25, 0.3) is 5.69 Å². The van der Waals surface area contributed by atoms with E-state index in [-0.39, 0.29) is 10.6 Å². The van der Waals surface area contributed by atoms with Crippen LogP contribution < -0.4 is 9.64 Å². The molecule has 0 unspecified atom stereocenters. The minimum Gasteiger partial charge on any atom is -0.497 e. The average Bonchev–Trinajstić information content (AvgIpc) is 2.88. The summed E-state index contributed by atoms with van der Waals surface area (Å²) in [6, 6.07) is 15.1. The molecule has 132 valence electrons. The number of nitro benzene ring substituents is 1. The Balaban J connectivity index is 1.58. The van der Waals surface area contributed by atoms with Crippen molar-refractivity contribution >= 4 is 11.4 Å². The molecule has 6 heteroatoms. The van der Waals surface area contributed by atoms with E-state index in [2.05, 4.69) is 21.9 Å². The number of anilines is 1. The van der Waals surface area contributed by atoms with Crippen LogP contribution in [-0.4, -0.2) is 43.1 Å². The van der Waals surface area contributed by atoms with Gasteiger partial charge in [-0.05, 0) is 36.2 Å². The number of hydrogen-bond acceptors (Lipinski definition) is 5. The minimum atomic E-state index is -0.358. The fourth-order valence-electron chi connectivity index (χ4n) is 3.16. The van der Waals surface area contributed by atoms with E-state index in [9.17, 15) is 10.1 Å². The summed E-state index contributed by atoms with van der Waals surface area (Å²) < 4.78 is 5.20. The van der Waals surface area contributed by atoms with Crippen LogP contribution in [-0.2, 0) is 6.54 Å². The molecule has 1 fully saturated rings. The molecule has 1 aliphatic heterocycles. The molecule has 0 aromatic heterocycles. The van der Waals surface area contributed by atoms with Crippen molar-refractivity contribution in [3.05, 3.63) is 64.2 Å². The van der Waals surface area contributed by atoms with Gasteiger partial charge < -0.3 is 9.64 Å². The number of methoxy groups -OCH3 is 1. The van der Waals surface area contributed by atoms with E-state index in [0.29, 0.717) is 0 Å². The van der Waals surface area contributed by atoms with Gasteiger partial charge in [-0.15, -0.1) is 0 Å². The van der Waals surface area contributed by atoms with Crippen LogP contribution in [0.5, 0.6) is 5.75 Å². The smallest absolute Gasteiger partial charge is 0.269 e. The maximum Gasteiger partial charge on any atom is 0.269 e. The van der Waals surface area contributed by atoms with Crippen LogP contribution in [0.4, 0.5) is 11.4 Å². The second-order valence-electron chi connectivity index (χ2n) is 6.24. The molecule has 0 aliphatic carbocycles. The van der Waals surface area contributed by atoms with Gasteiger partial charge in [0.05, 0.1) is 12.0 Å². The Morgan fingerprint density at radius 3 is 2.36 bits per heavy atom. The normalized spacial score (nSPS) is 15.6. The van der Waals surface area contributed by atoms with E-state index in [1.54, 1.807) is 19.2 Å². The standard InChI is InChI=1S/C19H23N3O3/c1-25-19-9-3-16(4-10-19)15-20-11-2-12-21(14-13-20)17-5-7-18(8-6-17)22(23)24/h3-10H,2,11-15H2,1H3. The lowest BCUT2D eigenvalue weighted by atomic mass is 10.2. The first kappa shape index (κ1) is 17.2. The molecule has 1 heterocycles. The minimum absolute atomic E-state index is 0.139. The second-order valence-corrected chi connectivity index (χ2v) is 6.24. The zero-order valence-corrected chi connectivity index (χ0v) is 14.4. The Labute approximate surface area is 147 Å². The Hall–Kier alpha value is -2.60. The summed E-state index contributed by atoms with van der Waals surface area (Å²) in [5.41, 5.74) is 2.47. The Kier molecular flexibility index (Phi) is 5.50. The molecule has 2 aromatic rings. The molecule has 0 spiro atoms. The molecule has 25 heavy (non-hydrogen) atoms. The number of rotatable bonds is 5. The summed E-state index contributed by atoms with van der Waals surface area (Å²) in [6.45, 7) is 4.85. The van der Waals surface area contributed by atoms with Crippen molar-refractivity contribution in [1.82, 2.24) is 4.90 Å². The molecule has 0 atom stereocenters. The molecule has 2 aromatic carbocycles. The molecular formula is C19H23N3O3. The van der Waals surface area contributed by atoms with Gasteiger partial charge in [-0.1, -0.05) is 12.1 Å². The van der Waals surface area contributed by atoms with Crippen LogP contribution in [0.15, 0.2) is 48.5 Å². The number of nitro groups is 1. The predicted molar refractivity (Wildman–Crippen MR) is 98.2 cm³/mol. The van der Waals surface area contributed by atoms with Gasteiger partial charge in [-0.2, -0.15) is 0 Å². The van der Waals surface area contributed by atoms with E-state index in [0.717, 1.165) is 50.6 Å². The third-order valence-corrected chi connectivity index (χ3v) is 4.58. The largest absolute Gasteiger partial charge is 0.497 e. The van der Waals surface area contributed by atoms with Crippen LogP contribution in [0.2, 0.25) is 0 Å². The van der Waals surface area contributed by atoms with Gasteiger partial charge >= 0.3 is 0 Å². The van der Waals surface area contributed by atoms with Crippen LogP contribution in [0.3, 0.4) is 0 Å². The van der Waals surface area contributed by atoms with Gasteiger partial charge in [-0.25, -0.2) is 0 Å². The van der Waals surface area contributed by atoms with Gasteiger partial charge in [-0.3, -0.25) is 15.0 Å². The SMILES string of the molecule is COc1ccc(CN2CCCN(c3ccc([N+](=O)[O-])cc3)CC2)cc1. The predicted octanol–water partition coefficient (Wildman–Crippen LogP) is 3.32. The molecule has 0 N–H and O–H groups in total. The Bertz CT molecular complexity index is 701. The van der Waals surface area contributed by atoms with E-state index >= 15 is 0 Å². The average molecular weight is 341 g/mol. The van der Waals surface area contributed by atoms with Crippen molar-refractivity contribution in [1.29, 1.82) is 0 Å². The topological polar surface area (TPSA) is 58.8 Å². The third kappa shape index (κ3) is 4.48. The summed E-state index contributed by atoms with van der Waals surface area (Å²) in [5, 5.41) is 10.8. The summed E-state index contributed by atoms with van der Waals surface area (Å²) in [4.78, 5) is 15.2. The van der Waals surface area contributed by atoms with Crippen molar-refractivity contribution < 1.29 is 9.66 Å². The maximum atomic E-state index is 10.8. The quantitative estimate of drug-likeness (QED) is 0.617. The van der Waals surface area contributed by atoms with Gasteiger partial charge in [0.15, 0.2) is 0 Å². The molecule has 0 bridgehead atoms. The third-order valence-electron chi connectivity index (χ3n) is 4.58. The fraction of sp³-hybridized carbons (Fsp3) is 0.368. The Morgan fingerprint density at radius 2 is 1.72 bits per heavy atom. The molecule has 1 aliphatic rings. The monoisotopic (exact) mass is 341 g/mol. The first-order valence-corrected chi connectivity index (χ1v) is 8.50.